The number of hydrogen-bond acceptors (Lipinski definition) is 3. The molecule has 0 aliphatic heterocycles. The summed E-state index contributed by atoms with van der Waals surface area (Å²) in [7, 11) is 1.41. The molecule has 3 nitrogen and oxygen atoms in total. The van der Waals surface area contributed by atoms with Gasteiger partial charge >= 0.3 is 5.97 Å². The van der Waals surface area contributed by atoms with E-state index in [1.807, 2.05) is 54.6 Å². The van der Waals surface area contributed by atoms with E-state index in [-0.39, 0.29) is 11.8 Å². The van der Waals surface area contributed by atoms with Crippen LogP contribution in [0.1, 0.15) is 34.3 Å². The lowest BCUT2D eigenvalue weighted by atomic mass is 9.97. The van der Waals surface area contributed by atoms with Crippen molar-refractivity contribution in [3.63, 3.8) is 0 Å². The second-order valence-corrected chi connectivity index (χ2v) is 6.40. The minimum Gasteiger partial charge on any atom is -0.469 e. The predicted molar refractivity (Wildman–Crippen MR) is 107 cm³/mol. The van der Waals surface area contributed by atoms with Crippen LogP contribution in [-0.4, -0.2) is 18.9 Å². The molecular formula is C24H22O3. The van der Waals surface area contributed by atoms with Crippen LogP contribution in [0.4, 0.5) is 0 Å². The van der Waals surface area contributed by atoms with Crippen molar-refractivity contribution in [3.05, 3.63) is 95.6 Å². The van der Waals surface area contributed by atoms with Gasteiger partial charge in [0, 0.05) is 17.5 Å². The zero-order valence-corrected chi connectivity index (χ0v) is 15.4. The van der Waals surface area contributed by atoms with E-state index in [2.05, 4.69) is 29.0 Å². The number of carbonyl (C=O) groups is 2. The third kappa shape index (κ3) is 4.91. The highest BCUT2D eigenvalue weighted by Gasteiger charge is 2.09. The highest BCUT2D eigenvalue weighted by molar-refractivity contribution is 6.09. The van der Waals surface area contributed by atoms with Gasteiger partial charge in [-0.05, 0) is 35.6 Å². The quantitative estimate of drug-likeness (QED) is 0.437. The molecular weight excluding hydrogens is 336 g/mol. The van der Waals surface area contributed by atoms with Crippen molar-refractivity contribution in [3.8, 4) is 11.1 Å². The van der Waals surface area contributed by atoms with Gasteiger partial charge in [-0.25, -0.2) is 0 Å². The van der Waals surface area contributed by atoms with Crippen LogP contribution < -0.4 is 0 Å². The Kier molecular flexibility index (Phi) is 6.16. The number of methoxy groups -OCH3 is 1. The molecule has 0 unspecified atom stereocenters. The van der Waals surface area contributed by atoms with Crippen LogP contribution in [0.3, 0.4) is 0 Å². The van der Waals surface area contributed by atoms with Crippen molar-refractivity contribution in [2.75, 3.05) is 7.11 Å². The molecule has 0 N–H and O–H groups in total. The van der Waals surface area contributed by atoms with Gasteiger partial charge in [0.25, 0.3) is 0 Å². The van der Waals surface area contributed by atoms with Gasteiger partial charge in [-0.15, -0.1) is 0 Å². The molecule has 0 atom stereocenters. The van der Waals surface area contributed by atoms with Crippen LogP contribution in [0.15, 0.2) is 78.9 Å². The first kappa shape index (κ1) is 18.6. The lowest BCUT2D eigenvalue weighted by molar-refractivity contribution is -0.140. The topological polar surface area (TPSA) is 43.4 Å². The van der Waals surface area contributed by atoms with Crippen LogP contribution >= 0.6 is 0 Å². The SMILES string of the molecule is COC(=O)CCCc1ccc(-c2cccc(C(=O)c3ccccc3)c2)cc1. The van der Waals surface area contributed by atoms with Crippen molar-refractivity contribution < 1.29 is 14.3 Å². The Morgan fingerprint density at radius 1 is 0.778 bits per heavy atom. The fourth-order valence-corrected chi connectivity index (χ4v) is 3.00. The summed E-state index contributed by atoms with van der Waals surface area (Å²) in [4.78, 5) is 23.8. The maximum atomic E-state index is 12.6. The average Bonchev–Trinajstić information content (AvgIpc) is 2.74. The molecule has 136 valence electrons. The van der Waals surface area contributed by atoms with Crippen molar-refractivity contribution in [2.24, 2.45) is 0 Å². The number of carbonyl (C=O) groups excluding carboxylic acids is 2. The molecule has 0 spiro atoms. The van der Waals surface area contributed by atoms with Gasteiger partial charge in [0.15, 0.2) is 5.78 Å². The van der Waals surface area contributed by atoms with E-state index in [1.165, 1.54) is 12.7 Å². The molecule has 3 aromatic carbocycles. The largest absolute Gasteiger partial charge is 0.469 e. The molecule has 0 fully saturated rings. The van der Waals surface area contributed by atoms with E-state index in [0.29, 0.717) is 17.5 Å². The van der Waals surface area contributed by atoms with Crippen LogP contribution in [-0.2, 0) is 16.0 Å². The zero-order chi connectivity index (χ0) is 19.1. The number of rotatable bonds is 7. The van der Waals surface area contributed by atoms with Crippen molar-refractivity contribution in [1.82, 2.24) is 0 Å². The summed E-state index contributed by atoms with van der Waals surface area (Å²) in [5.74, 6) is -0.150. The maximum Gasteiger partial charge on any atom is 0.305 e. The van der Waals surface area contributed by atoms with Crippen LogP contribution in [0, 0.1) is 0 Å². The molecule has 3 heteroatoms. The lowest BCUT2D eigenvalue weighted by Gasteiger charge is -2.07. The van der Waals surface area contributed by atoms with Crippen LogP contribution in [0.2, 0.25) is 0 Å². The van der Waals surface area contributed by atoms with E-state index in [0.717, 1.165) is 24.0 Å². The molecule has 0 aromatic heterocycles. The molecule has 0 bridgehead atoms. The molecule has 0 heterocycles. The minimum atomic E-state index is -0.175. The number of esters is 1. The first-order valence-corrected chi connectivity index (χ1v) is 9.03. The summed E-state index contributed by atoms with van der Waals surface area (Å²) in [6, 6.07) is 25.3. The fourth-order valence-electron chi connectivity index (χ4n) is 3.00. The number of hydrogen-bond donors (Lipinski definition) is 0. The molecule has 0 saturated heterocycles. The van der Waals surface area contributed by atoms with Gasteiger partial charge in [0.05, 0.1) is 7.11 Å². The van der Waals surface area contributed by atoms with E-state index in [4.69, 9.17) is 0 Å². The minimum absolute atomic E-state index is 0.0249. The van der Waals surface area contributed by atoms with Crippen molar-refractivity contribution >= 4 is 11.8 Å². The van der Waals surface area contributed by atoms with Gasteiger partial charge in [0.2, 0.25) is 0 Å². The zero-order valence-electron chi connectivity index (χ0n) is 15.4. The van der Waals surface area contributed by atoms with Crippen LogP contribution in [0.5, 0.6) is 0 Å². The van der Waals surface area contributed by atoms with Gasteiger partial charge in [-0.3, -0.25) is 9.59 Å². The standard InChI is InChI=1S/C24H22O3/c1-27-23(25)12-5-7-18-13-15-19(16-14-18)21-10-6-11-22(17-21)24(26)20-8-3-2-4-9-20/h2-4,6,8-11,13-17H,5,7,12H2,1H3. The third-order valence-corrected chi connectivity index (χ3v) is 4.52. The normalized spacial score (nSPS) is 10.4. The Balaban J connectivity index is 1.71. The third-order valence-electron chi connectivity index (χ3n) is 4.52. The molecule has 0 radical (unpaired) electrons. The summed E-state index contributed by atoms with van der Waals surface area (Å²) in [5.41, 5.74) is 4.63. The predicted octanol–water partition coefficient (Wildman–Crippen LogP) is 5.08. The summed E-state index contributed by atoms with van der Waals surface area (Å²) in [6.07, 6.45) is 2.04. The van der Waals surface area contributed by atoms with E-state index >= 15 is 0 Å². The molecule has 3 rings (SSSR count). The lowest BCUT2D eigenvalue weighted by Crippen LogP contribution is -2.01. The molecule has 27 heavy (non-hydrogen) atoms. The number of benzene rings is 3. The highest BCUT2D eigenvalue weighted by atomic mass is 16.5. The monoisotopic (exact) mass is 358 g/mol. The Hall–Kier alpha value is -3.20. The smallest absolute Gasteiger partial charge is 0.305 e. The number of aryl methyl sites for hydroxylation is 1. The second kappa shape index (κ2) is 8.95. The van der Waals surface area contributed by atoms with Crippen molar-refractivity contribution in [1.29, 1.82) is 0 Å². The van der Waals surface area contributed by atoms with Crippen LogP contribution in [0.25, 0.3) is 11.1 Å². The van der Waals surface area contributed by atoms with E-state index in [1.54, 1.807) is 0 Å². The van der Waals surface area contributed by atoms with Gasteiger partial charge in [-0.2, -0.15) is 0 Å². The molecule has 0 amide bonds. The first-order valence-electron chi connectivity index (χ1n) is 9.03. The summed E-state index contributed by atoms with van der Waals surface area (Å²) >= 11 is 0. The Morgan fingerprint density at radius 2 is 1.48 bits per heavy atom. The van der Waals surface area contributed by atoms with Gasteiger partial charge in [0.1, 0.15) is 0 Å². The molecule has 3 aromatic rings. The molecule has 0 aliphatic rings. The van der Waals surface area contributed by atoms with Crippen molar-refractivity contribution in [2.45, 2.75) is 19.3 Å². The van der Waals surface area contributed by atoms with Gasteiger partial charge in [-0.1, -0.05) is 72.8 Å². The molecule has 0 aliphatic carbocycles. The van der Waals surface area contributed by atoms with Gasteiger partial charge < -0.3 is 4.74 Å². The number of ketones is 1. The highest BCUT2D eigenvalue weighted by Crippen LogP contribution is 2.23. The summed E-state index contributed by atoms with van der Waals surface area (Å²) in [5, 5.41) is 0. The Bertz CT molecular complexity index is 912. The maximum absolute atomic E-state index is 12.6. The Labute approximate surface area is 159 Å². The summed E-state index contributed by atoms with van der Waals surface area (Å²) < 4.78 is 4.66. The fraction of sp³-hybridized carbons (Fsp3) is 0.167. The second-order valence-electron chi connectivity index (χ2n) is 6.40. The first-order chi connectivity index (χ1) is 13.2. The van der Waals surface area contributed by atoms with E-state index in [9.17, 15) is 9.59 Å². The average molecular weight is 358 g/mol. The van der Waals surface area contributed by atoms with E-state index < -0.39 is 0 Å². The Morgan fingerprint density at radius 3 is 2.19 bits per heavy atom. The molecule has 0 saturated carbocycles. The number of ether oxygens (including phenoxy) is 1. The summed E-state index contributed by atoms with van der Waals surface area (Å²) in [6.45, 7) is 0.